The van der Waals surface area contributed by atoms with Crippen LogP contribution in [0.1, 0.15) is 5.56 Å². The molecule has 27 heavy (non-hydrogen) atoms. The van der Waals surface area contributed by atoms with E-state index in [2.05, 4.69) is 29.2 Å². The van der Waals surface area contributed by atoms with Crippen LogP contribution in [0.4, 0.5) is 5.82 Å². The highest BCUT2D eigenvalue weighted by Crippen LogP contribution is 2.35. The number of ether oxygens (including phenoxy) is 2. The van der Waals surface area contributed by atoms with Crippen molar-refractivity contribution >= 4 is 27.4 Å². The number of methoxy groups -OCH3 is 2. The molecule has 1 aliphatic rings. The zero-order valence-corrected chi connectivity index (χ0v) is 17.0. The number of thiophene rings is 1. The molecule has 0 radical (unpaired) electrons. The van der Waals surface area contributed by atoms with Crippen molar-refractivity contribution in [3.05, 3.63) is 29.1 Å². The molecule has 6 nitrogen and oxygen atoms in total. The van der Waals surface area contributed by atoms with E-state index in [0.29, 0.717) is 5.82 Å². The standard InChI is InChI=1S/C20H24N4O2S/c1-13-12-27-20-17(13)19(24-7-5-23(2)6-8-24)21-18(22-20)14-9-15(25-3)11-16(10-14)26-4/h9-12H,5-8H2,1-4H3. The molecule has 0 N–H and O–H groups in total. The number of rotatable bonds is 4. The van der Waals surface area contributed by atoms with Crippen molar-refractivity contribution in [2.45, 2.75) is 6.92 Å². The van der Waals surface area contributed by atoms with Crippen LogP contribution in [0.2, 0.25) is 0 Å². The molecule has 1 aromatic carbocycles. The molecular formula is C20H24N4O2S. The first-order valence-corrected chi connectivity index (χ1v) is 9.90. The summed E-state index contributed by atoms with van der Waals surface area (Å²) >= 11 is 1.67. The molecule has 0 amide bonds. The van der Waals surface area contributed by atoms with E-state index in [1.807, 2.05) is 18.2 Å². The van der Waals surface area contributed by atoms with Crippen LogP contribution in [0.5, 0.6) is 11.5 Å². The molecule has 4 rings (SSSR count). The van der Waals surface area contributed by atoms with E-state index in [1.165, 1.54) is 10.9 Å². The third-order valence-corrected chi connectivity index (χ3v) is 6.00. The second kappa shape index (κ2) is 7.32. The Morgan fingerprint density at radius 3 is 2.26 bits per heavy atom. The van der Waals surface area contributed by atoms with Crippen LogP contribution in [0.3, 0.4) is 0 Å². The number of likely N-dealkylation sites (N-methyl/N-ethyl adjacent to an activating group) is 1. The fourth-order valence-electron chi connectivity index (χ4n) is 3.38. The Kier molecular flexibility index (Phi) is 4.88. The van der Waals surface area contributed by atoms with Gasteiger partial charge in [0.1, 0.15) is 22.1 Å². The van der Waals surface area contributed by atoms with Gasteiger partial charge in [0.15, 0.2) is 5.82 Å². The molecule has 0 bridgehead atoms. The Morgan fingerprint density at radius 2 is 1.63 bits per heavy atom. The molecule has 1 saturated heterocycles. The Balaban J connectivity index is 1.85. The molecule has 0 unspecified atom stereocenters. The SMILES string of the molecule is COc1cc(OC)cc(-c2nc(N3CCN(C)CC3)c3c(C)csc3n2)c1. The second-order valence-electron chi connectivity index (χ2n) is 6.86. The van der Waals surface area contributed by atoms with Gasteiger partial charge in [0.2, 0.25) is 0 Å². The van der Waals surface area contributed by atoms with Gasteiger partial charge in [-0.2, -0.15) is 0 Å². The van der Waals surface area contributed by atoms with E-state index in [1.54, 1.807) is 25.6 Å². The first kappa shape index (κ1) is 18.0. The highest BCUT2D eigenvalue weighted by atomic mass is 32.1. The lowest BCUT2D eigenvalue weighted by molar-refractivity contribution is 0.312. The van der Waals surface area contributed by atoms with Gasteiger partial charge < -0.3 is 19.3 Å². The molecule has 0 aliphatic carbocycles. The van der Waals surface area contributed by atoms with Crippen molar-refractivity contribution in [3.63, 3.8) is 0 Å². The number of benzene rings is 1. The number of hydrogen-bond acceptors (Lipinski definition) is 7. The summed E-state index contributed by atoms with van der Waals surface area (Å²) in [4.78, 5) is 15.6. The lowest BCUT2D eigenvalue weighted by Gasteiger charge is -2.33. The average molecular weight is 385 g/mol. The van der Waals surface area contributed by atoms with Crippen LogP contribution in [0.15, 0.2) is 23.6 Å². The summed E-state index contributed by atoms with van der Waals surface area (Å²) in [5.74, 6) is 3.20. The van der Waals surface area contributed by atoms with Gasteiger partial charge in [0, 0.05) is 37.8 Å². The van der Waals surface area contributed by atoms with Crippen molar-refractivity contribution < 1.29 is 9.47 Å². The third-order valence-electron chi connectivity index (χ3n) is 5.01. The highest BCUT2D eigenvalue weighted by molar-refractivity contribution is 7.17. The molecule has 0 atom stereocenters. The van der Waals surface area contributed by atoms with Crippen LogP contribution in [-0.2, 0) is 0 Å². The zero-order chi connectivity index (χ0) is 19.0. The maximum atomic E-state index is 5.42. The first-order chi connectivity index (χ1) is 13.1. The predicted octanol–water partition coefficient (Wildman–Crippen LogP) is 3.44. The van der Waals surface area contributed by atoms with E-state index in [0.717, 1.165) is 53.9 Å². The van der Waals surface area contributed by atoms with Crippen LogP contribution in [-0.4, -0.2) is 62.3 Å². The average Bonchev–Trinajstić information content (AvgIpc) is 3.08. The maximum Gasteiger partial charge on any atom is 0.163 e. The molecule has 2 aromatic heterocycles. The minimum Gasteiger partial charge on any atom is -0.497 e. The Bertz CT molecular complexity index is 942. The van der Waals surface area contributed by atoms with Crippen LogP contribution in [0.25, 0.3) is 21.6 Å². The van der Waals surface area contributed by atoms with Gasteiger partial charge in [-0.3, -0.25) is 0 Å². The summed E-state index contributed by atoms with van der Waals surface area (Å²) in [5.41, 5.74) is 2.13. The van der Waals surface area contributed by atoms with E-state index >= 15 is 0 Å². The normalized spacial score (nSPS) is 15.3. The molecular weight excluding hydrogens is 360 g/mol. The van der Waals surface area contributed by atoms with Gasteiger partial charge in [-0.1, -0.05) is 0 Å². The Morgan fingerprint density at radius 1 is 0.963 bits per heavy atom. The van der Waals surface area contributed by atoms with Crippen LogP contribution >= 0.6 is 11.3 Å². The first-order valence-electron chi connectivity index (χ1n) is 9.02. The fourth-order valence-corrected chi connectivity index (χ4v) is 4.29. The quantitative estimate of drug-likeness (QED) is 0.687. The zero-order valence-electron chi connectivity index (χ0n) is 16.2. The third kappa shape index (κ3) is 3.44. The van der Waals surface area contributed by atoms with Gasteiger partial charge in [-0.15, -0.1) is 11.3 Å². The van der Waals surface area contributed by atoms with Crippen LogP contribution < -0.4 is 14.4 Å². The molecule has 1 fully saturated rings. The van der Waals surface area contributed by atoms with E-state index in [-0.39, 0.29) is 0 Å². The topological polar surface area (TPSA) is 50.7 Å². The summed E-state index contributed by atoms with van der Waals surface area (Å²) < 4.78 is 10.8. The maximum absolute atomic E-state index is 5.42. The van der Waals surface area contributed by atoms with Gasteiger partial charge >= 0.3 is 0 Å². The Hall–Kier alpha value is -2.38. The van der Waals surface area contributed by atoms with E-state index in [4.69, 9.17) is 19.4 Å². The smallest absolute Gasteiger partial charge is 0.163 e. The molecule has 0 saturated carbocycles. The number of anilines is 1. The molecule has 7 heteroatoms. The number of aromatic nitrogens is 2. The number of fused-ring (bicyclic) bond motifs is 1. The summed E-state index contributed by atoms with van der Waals surface area (Å²) in [6.45, 7) is 6.15. The van der Waals surface area contributed by atoms with Crippen molar-refractivity contribution in [2.75, 3.05) is 52.3 Å². The van der Waals surface area contributed by atoms with E-state index < -0.39 is 0 Å². The summed E-state index contributed by atoms with van der Waals surface area (Å²) in [5, 5.41) is 3.33. The monoisotopic (exact) mass is 384 g/mol. The number of hydrogen-bond donors (Lipinski definition) is 0. The minimum atomic E-state index is 0.704. The number of nitrogens with zero attached hydrogens (tertiary/aromatic N) is 4. The highest BCUT2D eigenvalue weighted by Gasteiger charge is 2.21. The molecule has 142 valence electrons. The summed E-state index contributed by atoms with van der Waals surface area (Å²) in [7, 11) is 5.47. The molecule has 0 spiro atoms. The molecule has 3 heterocycles. The number of piperazine rings is 1. The predicted molar refractivity (Wildman–Crippen MR) is 110 cm³/mol. The van der Waals surface area contributed by atoms with Gasteiger partial charge in [0.05, 0.1) is 19.6 Å². The van der Waals surface area contributed by atoms with Gasteiger partial charge in [-0.25, -0.2) is 9.97 Å². The van der Waals surface area contributed by atoms with Crippen LogP contribution in [0, 0.1) is 6.92 Å². The van der Waals surface area contributed by atoms with Crippen molar-refractivity contribution in [1.82, 2.24) is 14.9 Å². The minimum absolute atomic E-state index is 0.704. The Labute approximate surface area is 163 Å². The van der Waals surface area contributed by atoms with Crippen molar-refractivity contribution in [3.8, 4) is 22.9 Å². The summed E-state index contributed by atoms with van der Waals surface area (Å²) in [6, 6.07) is 5.77. The largest absolute Gasteiger partial charge is 0.497 e. The van der Waals surface area contributed by atoms with Crippen molar-refractivity contribution in [2.24, 2.45) is 0 Å². The lowest BCUT2D eigenvalue weighted by atomic mass is 10.1. The van der Waals surface area contributed by atoms with Gasteiger partial charge in [-0.05, 0) is 37.0 Å². The van der Waals surface area contributed by atoms with Gasteiger partial charge in [0.25, 0.3) is 0 Å². The summed E-state index contributed by atoms with van der Waals surface area (Å²) in [6.07, 6.45) is 0. The van der Waals surface area contributed by atoms with E-state index in [9.17, 15) is 0 Å². The number of aryl methyl sites for hydroxylation is 1. The fraction of sp³-hybridized carbons (Fsp3) is 0.400. The van der Waals surface area contributed by atoms with Crippen molar-refractivity contribution in [1.29, 1.82) is 0 Å². The second-order valence-corrected chi connectivity index (χ2v) is 7.72. The molecule has 3 aromatic rings. The molecule has 1 aliphatic heterocycles. The lowest BCUT2D eigenvalue weighted by Crippen LogP contribution is -2.45.